The Morgan fingerprint density at radius 3 is 2.59 bits per heavy atom. The van der Waals surface area contributed by atoms with Crippen molar-refractivity contribution in [2.45, 2.75) is 18.8 Å². The number of anilines is 2. The molecule has 1 atom stereocenters. The molecular weight excluding hydrogens is 430 g/mol. The summed E-state index contributed by atoms with van der Waals surface area (Å²) in [6.45, 7) is 1.60. The summed E-state index contributed by atoms with van der Waals surface area (Å²) in [5.74, 6) is 2.02. The van der Waals surface area contributed by atoms with Crippen LogP contribution >= 0.6 is 15.9 Å². The summed E-state index contributed by atoms with van der Waals surface area (Å²) in [5, 5.41) is 10.5. The maximum atomic E-state index is 9.72. The summed E-state index contributed by atoms with van der Waals surface area (Å²) in [7, 11) is 1.62. The lowest BCUT2D eigenvalue weighted by Crippen LogP contribution is -2.36. The number of nitrogens with zero attached hydrogens (tertiary/aromatic N) is 4. The highest BCUT2D eigenvalue weighted by atomic mass is 79.9. The second-order valence-electron chi connectivity index (χ2n) is 7.26. The van der Waals surface area contributed by atoms with E-state index >= 15 is 0 Å². The van der Waals surface area contributed by atoms with Crippen LogP contribution in [0, 0.1) is 17.2 Å². The highest BCUT2D eigenvalue weighted by Crippen LogP contribution is 2.35. The van der Waals surface area contributed by atoms with Gasteiger partial charge in [-0.3, -0.25) is 0 Å². The minimum Gasteiger partial charge on any atom is -0.497 e. The third kappa shape index (κ3) is 3.85. The van der Waals surface area contributed by atoms with Gasteiger partial charge in [-0.2, -0.15) is 10.2 Å². The number of benzene rings is 2. The van der Waals surface area contributed by atoms with E-state index in [2.05, 4.69) is 31.9 Å². The van der Waals surface area contributed by atoms with Crippen LogP contribution in [0.3, 0.4) is 0 Å². The molecule has 2 N–H and O–H groups in total. The number of fused-ring (bicyclic) bond motifs is 1. The zero-order chi connectivity index (χ0) is 20.4. The third-order valence-corrected chi connectivity index (χ3v) is 6.18. The zero-order valence-corrected chi connectivity index (χ0v) is 17.8. The molecule has 1 saturated heterocycles. The average molecular weight is 452 g/mol. The van der Waals surface area contributed by atoms with Crippen LogP contribution < -0.4 is 15.4 Å². The number of methoxy groups -OCH3 is 1. The number of aromatic nitrogens is 2. The molecule has 1 unspecified atom stereocenters. The number of rotatable bonds is 4. The highest BCUT2D eigenvalue weighted by Gasteiger charge is 2.29. The molecule has 0 spiro atoms. The van der Waals surface area contributed by atoms with Gasteiger partial charge in [0.25, 0.3) is 0 Å². The van der Waals surface area contributed by atoms with E-state index in [4.69, 9.17) is 15.5 Å². The van der Waals surface area contributed by atoms with Gasteiger partial charge >= 0.3 is 0 Å². The SMILES string of the molecule is COc1cc(Br)c2nc(N3CCC(C(C#N)c4ccccc4)CC3)nc(N)c2c1. The van der Waals surface area contributed by atoms with E-state index in [0.717, 1.165) is 46.9 Å². The van der Waals surface area contributed by atoms with Crippen molar-refractivity contribution in [2.75, 3.05) is 30.8 Å². The van der Waals surface area contributed by atoms with Crippen LogP contribution in [0.2, 0.25) is 0 Å². The molecule has 29 heavy (non-hydrogen) atoms. The molecule has 2 aromatic carbocycles. The van der Waals surface area contributed by atoms with Crippen molar-refractivity contribution in [3.63, 3.8) is 0 Å². The molecule has 3 aromatic rings. The maximum absolute atomic E-state index is 9.72. The summed E-state index contributed by atoms with van der Waals surface area (Å²) in [6, 6.07) is 16.3. The molecule has 2 heterocycles. The smallest absolute Gasteiger partial charge is 0.227 e. The van der Waals surface area contributed by atoms with Crippen LogP contribution in [0.5, 0.6) is 5.75 Å². The Kier molecular flexibility index (Phi) is 5.54. The first-order valence-electron chi connectivity index (χ1n) is 9.61. The molecule has 1 aromatic heterocycles. The first-order chi connectivity index (χ1) is 14.1. The molecule has 0 aliphatic carbocycles. The molecule has 7 heteroatoms. The van der Waals surface area contributed by atoms with Crippen molar-refractivity contribution in [2.24, 2.45) is 5.92 Å². The van der Waals surface area contributed by atoms with E-state index in [1.165, 1.54) is 0 Å². The summed E-state index contributed by atoms with van der Waals surface area (Å²) in [4.78, 5) is 11.4. The van der Waals surface area contributed by atoms with Crippen molar-refractivity contribution in [3.05, 3.63) is 52.5 Å². The molecule has 0 saturated carbocycles. The molecule has 0 bridgehead atoms. The Balaban J connectivity index is 1.55. The van der Waals surface area contributed by atoms with E-state index in [1.807, 2.05) is 42.5 Å². The summed E-state index contributed by atoms with van der Waals surface area (Å²) in [6.07, 6.45) is 1.83. The molecule has 1 aliphatic rings. The van der Waals surface area contributed by atoms with E-state index in [9.17, 15) is 5.26 Å². The topological polar surface area (TPSA) is 88.1 Å². The lowest BCUT2D eigenvalue weighted by atomic mass is 9.81. The number of nitriles is 1. The number of nitrogen functional groups attached to an aromatic ring is 1. The molecule has 1 fully saturated rings. The Labute approximate surface area is 178 Å². The van der Waals surface area contributed by atoms with Crippen molar-refractivity contribution in [1.29, 1.82) is 5.26 Å². The van der Waals surface area contributed by atoms with Crippen LogP contribution in [0.15, 0.2) is 46.9 Å². The van der Waals surface area contributed by atoms with Crippen molar-refractivity contribution in [3.8, 4) is 11.8 Å². The second-order valence-corrected chi connectivity index (χ2v) is 8.11. The van der Waals surface area contributed by atoms with Crippen LogP contribution in [-0.2, 0) is 0 Å². The second kappa shape index (κ2) is 8.26. The highest BCUT2D eigenvalue weighted by molar-refractivity contribution is 9.10. The first-order valence-corrected chi connectivity index (χ1v) is 10.4. The zero-order valence-electron chi connectivity index (χ0n) is 16.2. The molecule has 4 rings (SSSR count). The quantitative estimate of drug-likeness (QED) is 0.627. The van der Waals surface area contributed by atoms with E-state index < -0.39 is 0 Å². The number of hydrogen-bond donors (Lipinski definition) is 1. The van der Waals surface area contributed by atoms with E-state index in [-0.39, 0.29) is 5.92 Å². The van der Waals surface area contributed by atoms with Gasteiger partial charge in [0.15, 0.2) is 0 Å². The number of halogens is 1. The summed E-state index contributed by atoms with van der Waals surface area (Å²) >= 11 is 3.56. The predicted octanol–water partition coefficient (Wildman–Crippen LogP) is 4.51. The molecule has 148 valence electrons. The molecule has 0 amide bonds. The normalized spacial score (nSPS) is 15.8. The van der Waals surface area contributed by atoms with Crippen molar-refractivity contribution in [1.82, 2.24) is 9.97 Å². The van der Waals surface area contributed by atoms with Gasteiger partial charge < -0.3 is 15.4 Å². The monoisotopic (exact) mass is 451 g/mol. The van der Waals surface area contributed by atoms with E-state index in [1.54, 1.807) is 7.11 Å². The van der Waals surface area contributed by atoms with Crippen LogP contribution in [0.1, 0.15) is 24.3 Å². The Bertz CT molecular complexity index is 1060. The third-order valence-electron chi connectivity index (χ3n) is 5.57. The largest absolute Gasteiger partial charge is 0.497 e. The molecular formula is C22H22BrN5O. The Hall–Kier alpha value is -2.85. The number of piperidine rings is 1. The first kappa shape index (κ1) is 19.5. The number of nitrogens with two attached hydrogens (primary N) is 1. The van der Waals surface area contributed by atoms with Gasteiger partial charge in [-0.15, -0.1) is 0 Å². The van der Waals surface area contributed by atoms with Gasteiger partial charge in [-0.05, 0) is 52.4 Å². The minimum absolute atomic E-state index is 0.0810. The standard InChI is InChI=1S/C22H22BrN5O/c1-29-16-11-17-20(19(23)12-16)26-22(27-21(17)25)28-9-7-15(8-10-28)18(13-24)14-5-3-2-4-6-14/h2-6,11-12,15,18H,7-10H2,1H3,(H2,25,26,27). The average Bonchev–Trinajstić information content (AvgIpc) is 2.76. The Morgan fingerprint density at radius 1 is 1.21 bits per heavy atom. The number of ether oxygens (including phenoxy) is 1. The van der Waals surface area contributed by atoms with Crippen LogP contribution in [0.4, 0.5) is 11.8 Å². The lowest BCUT2D eigenvalue weighted by Gasteiger charge is -2.34. The molecule has 6 nitrogen and oxygen atoms in total. The predicted molar refractivity (Wildman–Crippen MR) is 118 cm³/mol. The van der Waals surface area contributed by atoms with Crippen LogP contribution in [-0.4, -0.2) is 30.2 Å². The minimum atomic E-state index is -0.0810. The molecule has 1 aliphatic heterocycles. The van der Waals surface area contributed by atoms with Gasteiger partial charge in [-0.25, -0.2) is 4.98 Å². The van der Waals surface area contributed by atoms with Crippen molar-refractivity contribution >= 4 is 38.6 Å². The van der Waals surface area contributed by atoms with Gasteiger partial charge in [0.2, 0.25) is 5.95 Å². The fourth-order valence-corrected chi connectivity index (χ4v) is 4.51. The van der Waals surface area contributed by atoms with Gasteiger partial charge in [0.1, 0.15) is 11.6 Å². The summed E-state index contributed by atoms with van der Waals surface area (Å²) in [5.41, 5.74) is 8.10. The van der Waals surface area contributed by atoms with E-state index in [0.29, 0.717) is 23.4 Å². The fourth-order valence-electron chi connectivity index (χ4n) is 3.98. The van der Waals surface area contributed by atoms with Crippen LogP contribution in [0.25, 0.3) is 10.9 Å². The van der Waals surface area contributed by atoms with Gasteiger partial charge in [0.05, 0.1) is 24.6 Å². The van der Waals surface area contributed by atoms with Gasteiger partial charge in [-0.1, -0.05) is 30.3 Å². The fraction of sp³-hybridized carbons (Fsp3) is 0.318. The summed E-state index contributed by atoms with van der Waals surface area (Å²) < 4.78 is 6.13. The molecule has 0 radical (unpaired) electrons. The van der Waals surface area contributed by atoms with Gasteiger partial charge in [0, 0.05) is 22.9 Å². The maximum Gasteiger partial charge on any atom is 0.227 e. The Morgan fingerprint density at radius 2 is 1.93 bits per heavy atom. The van der Waals surface area contributed by atoms with Crippen molar-refractivity contribution < 1.29 is 4.74 Å². The lowest BCUT2D eigenvalue weighted by molar-refractivity contribution is 0.376. The number of hydrogen-bond acceptors (Lipinski definition) is 6.